The van der Waals surface area contributed by atoms with Gasteiger partial charge in [-0.05, 0) is 50.0 Å². The molecule has 17 heavy (non-hydrogen) atoms. The summed E-state index contributed by atoms with van der Waals surface area (Å²) in [4.78, 5) is 2.42. The third-order valence-corrected chi connectivity index (χ3v) is 3.68. The van der Waals surface area contributed by atoms with Crippen LogP contribution in [0, 0.1) is 5.92 Å². The van der Waals surface area contributed by atoms with Gasteiger partial charge in [-0.1, -0.05) is 31.2 Å². The van der Waals surface area contributed by atoms with E-state index in [1.54, 1.807) is 0 Å². The van der Waals surface area contributed by atoms with E-state index in [2.05, 4.69) is 48.5 Å². The van der Waals surface area contributed by atoms with Gasteiger partial charge in [0.05, 0.1) is 0 Å². The van der Waals surface area contributed by atoms with Crippen molar-refractivity contribution in [3.05, 3.63) is 35.4 Å². The Labute approximate surface area is 105 Å². The number of hydrogen-bond acceptors (Lipinski definition) is 2. The van der Waals surface area contributed by atoms with Gasteiger partial charge in [0.2, 0.25) is 0 Å². The molecule has 0 amide bonds. The molecular weight excluding hydrogens is 208 g/mol. The van der Waals surface area contributed by atoms with Gasteiger partial charge in [0.15, 0.2) is 0 Å². The second-order valence-electron chi connectivity index (χ2n) is 5.22. The summed E-state index contributed by atoms with van der Waals surface area (Å²) in [7, 11) is 2.21. The Hall–Kier alpha value is -0.860. The van der Waals surface area contributed by atoms with Crippen LogP contribution in [0.5, 0.6) is 0 Å². The predicted octanol–water partition coefficient (Wildman–Crippen LogP) is 2.29. The standard InChI is InChI=1S/C15H24N2/c1-3-13-4-6-14(7-5-13)10-16-11-15-8-9-17(2)12-15/h4-7,15-16H,3,8-12H2,1-2H3. The van der Waals surface area contributed by atoms with Crippen LogP contribution in [0.1, 0.15) is 24.5 Å². The highest BCUT2D eigenvalue weighted by molar-refractivity contribution is 5.22. The van der Waals surface area contributed by atoms with Gasteiger partial charge in [-0.15, -0.1) is 0 Å². The summed E-state index contributed by atoms with van der Waals surface area (Å²) in [5.74, 6) is 0.843. The first-order valence-corrected chi connectivity index (χ1v) is 6.75. The van der Waals surface area contributed by atoms with E-state index < -0.39 is 0 Å². The van der Waals surface area contributed by atoms with Crippen LogP contribution in [0.3, 0.4) is 0 Å². The van der Waals surface area contributed by atoms with Crippen molar-refractivity contribution < 1.29 is 0 Å². The van der Waals surface area contributed by atoms with E-state index in [1.807, 2.05) is 0 Å². The van der Waals surface area contributed by atoms with Crippen LogP contribution in [0.2, 0.25) is 0 Å². The predicted molar refractivity (Wildman–Crippen MR) is 73.1 cm³/mol. The Balaban J connectivity index is 1.70. The molecule has 1 aliphatic rings. The zero-order valence-electron chi connectivity index (χ0n) is 11.1. The van der Waals surface area contributed by atoms with Gasteiger partial charge in [-0.2, -0.15) is 0 Å². The molecule has 1 N–H and O–H groups in total. The van der Waals surface area contributed by atoms with E-state index in [9.17, 15) is 0 Å². The maximum Gasteiger partial charge on any atom is 0.0205 e. The Morgan fingerprint density at radius 3 is 2.53 bits per heavy atom. The molecule has 1 unspecified atom stereocenters. The van der Waals surface area contributed by atoms with Gasteiger partial charge < -0.3 is 10.2 Å². The zero-order valence-corrected chi connectivity index (χ0v) is 11.1. The van der Waals surface area contributed by atoms with Gasteiger partial charge in [0.25, 0.3) is 0 Å². The molecule has 2 rings (SSSR count). The number of rotatable bonds is 5. The summed E-state index contributed by atoms with van der Waals surface area (Å²) in [6, 6.07) is 8.96. The Morgan fingerprint density at radius 1 is 1.24 bits per heavy atom. The monoisotopic (exact) mass is 232 g/mol. The summed E-state index contributed by atoms with van der Waals surface area (Å²) in [5.41, 5.74) is 2.82. The van der Waals surface area contributed by atoms with Crippen LogP contribution in [0.25, 0.3) is 0 Å². The first kappa shape index (κ1) is 12.6. The number of aryl methyl sites for hydroxylation is 1. The van der Waals surface area contributed by atoms with Gasteiger partial charge in [-0.3, -0.25) is 0 Å². The SMILES string of the molecule is CCc1ccc(CNCC2CCN(C)C2)cc1. The van der Waals surface area contributed by atoms with Crippen LogP contribution in [-0.2, 0) is 13.0 Å². The lowest BCUT2D eigenvalue weighted by Crippen LogP contribution is -2.24. The van der Waals surface area contributed by atoms with Crippen LogP contribution in [-0.4, -0.2) is 31.6 Å². The third kappa shape index (κ3) is 3.83. The molecular formula is C15H24N2. The minimum absolute atomic E-state index is 0.843. The van der Waals surface area contributed by atoms with Crippen LogP contribution in [0.15, 0.2) is 24.3 Å². The lowest BCUT2D eigenvalue weighted by molar-refractivity contribution is 0.388. The van der Waals surface area contributed by atoms with Gasteiger partial charge in [0.1, 0.15) is 0 Å². The third-order valence-electron chi connectivity index (χ3n) is 3.68. The topological polar surface area (TPSA) is 15.3 Å². The maximum absolute atomic E-state index is 3.57. The Kier molecular flexibility index (Phi) is 4.57. The highest BCUT2D eigenvalue weighted by Gasteiger charge is 2.18. The van der Waals surface area contributed by atoms with Gasteiger partial charge >= 0.3 is 0 Å². The minimum atomic E-state index is 0.843. The first-order chi connectivity index (χ1) is 8.28. The molecule has 1 fully saturated rings. The fraction of sp³-hybridized carbons (Fsp3) is 0.600. The molecule has 2 nitrogen and oxygen atoms in total. The summed E-state index contributed by atoms with van der Waals surface area (Å²) in [6.07, 6.45) is 2.47. The second kappa shape index (κ2) is 6.18. The molecule has 0 radical (unpaired) electrons. The highest BCUT2D eigenvalue weighted by Crippen LogP contribution is 2.13. The number of hydrogen-bond donors (Lipinski definition) is 1. The van der Waals surface area contributed by atoms with E-state index in [0.717, 1.165) is 25.4 Å². The molecule has 1 aliphatic heterocycles. The minimum Gasteiger partial charge on any atom is -0.312 e. The van der Waals surface area contributed by atoms with Gasteiger partial charge in [0, 0.05) is 13.1 Å². The number of nitrogens with zero attached hydrogens (tertiary/aromatic N) is 1. The molecule has 0 saturated carbocycles. The maximum atomic E-state index is 3.57. The molecule has 94 valence electrons. The summed E-state index contributed by atoms with van der Waals surface area (Å²) < 4.78 is 0. The summed E-state index contributed by atoms with van der Waals surface area (Å²) in [5, 5.41) is 3.57. The van der Waals surface area contributed by atoms with E-state index in [4.69, 9.17) is 0 Å². The van der Waals surface area contributed by atoms with Crippen LogP contribution < -0.4 is 5.32 Å². The average Bonchev–Trinajstić information content (AvgIpc) is 2.76. The molecule has 1 saturated heterocycles. The highest BCUT2D eigenvalue weighted by atomic mass is 15.1. The van der Waals surface area contributed by atoms with Crippen molar-refractivity contribution in [2.45, 2.75) is 26.3 Å². The van der Waals surface area contributed by atoms with E-state index in [-0.39, 0.29) is 0 Å². The summed E-state index contributed by atoms with van der Waals surface area (Å²) in [6.45, 7) is 6.87. The molecule has 1 atom stereocenters. The summed E-state index contributed by atoms with van der Waals surface area (Å²) >= 11 is 0. The van der Waals surface area contributed by atoms with E-state index in [0.29, 0.717) is 0 Å². The van der Waals surface area contributed by atoms with Crippen molar-refractivity contribution in [3.8, 4) is 0 Å². The lowest BCUT2D eigenvalue weighted by atomic mass is 10.1. The lowest BCUT2D eigenvalue weighted by Gasteiger charge is -2.11. The molecule has 0 bridgehead atoms. The van der Waals surface area contributed by atoms with Crippen molar-refractivity contribution in [2.24, 2.45) is 5.92 Å². The normalized spacial score (nSPS) is 20.9. The van der Waals surface area contributed by atoms with Gasteiger partial charge in [-0.25, -0.2) is 0 Å². The Bertz CT molecular complexity index is 331. The van der Waals surface area contributed by atoms with Crippen molar-refractivity contribution in [2.75, 3.05) is 26.7 Å². The largest absolute Gasteiger partial charge is 0.312 e. The zero-order chi connectivity index (χ0) is 12.1. The molecule has 1 heterocycles. The number of likely N-dealkylation sites (tertiary alicyclic amines) is 1. The van der Waals surface area contributed by atoms with Crippen molar-refractivity contribution in [1.82, 2.24) is 10.2 Å². The molecule has 2 heteroatoms. The van der Waals surface area contributed by atoms with Crippen molar-refractivity contribution >= 4 is 0 Å². The Morgan fingerprint density at radius 2 is 1.94 bits per heavy atom. The average molecular weight is 232 g/mol. The van der Waals surface area contributed by atoms with Crippen molar-refractivity contribution in [3.63, 3.8) is 0 Å². The smallest absolute Gasteiger partial charge is 0.0205 e. The second-order valence-corrected chi connectivity index (χ2v) is 5.22. The van der Waals surface area contributed by atoms with E-state index >= 15 is 0 Å². The number of nitrogens with one attached hydrogen (secondary N) is 1. The molecule has 0 aromatic heterocycles. The fourth-order valence-corrected chi connectivity index (χ4v) is 2.51. The molecule has 0 spiro atoms. The van der Waals surface area contributed by atoms with Crippen LogP contribution in [0.4, 0.5) is 0 Å². The van der Waals surface area contributed by atoms with E-state index in [1.165, 1.54) is 30.6 Å². The quantitative estimate of drug-likeness (QED) is 0.838. The molecule has 1 aromatic rings. The van der Waals surface area contributed by atoms with Crippen LogP contribution >= 0.6 is 0 Å². The number of benzene rings is 1. The molecule has 1 aromatic carbocycles. The first-order valence-electron chi connectivity index (χ1n) is 6.75. The fourth-order valence-electron chi connectivity index (χ4n) is 2.51. The molecule has 0 aliphatic carbocycles. The van der Waals surface area contributed by atoms with Crippen molar-refractivity contribution in [1.29, 1.82) is 0 Å².